The second kappa shape index (κ2) is 5.54. The maximum atomic E-state index is 12.5. The van der Waals surface area contributed by atoms with Gasteiger partial charge in [0.15, 0.2) is 0 Å². The molecule has 2 aromatic heterocycles. The standard InChI is InChI=1S/C18H20N2O4/c1-9(2)7-19-15(21)11-5-13-14(6-12(11)16(19)22)18(24)20(17(13)23)8-10(3)4/h5-6,9-10H,7-8H2,1-4H3. The lowest BCUT2D eigenvalue weighted by Crippen LogP contribution is -2.28. The van der Waals surface area contributed by atoms with E-state index in [4.69, 9.17) is 0 Å². The molecule has 0 amide bonds. The number of rotatable bonds is 4. The molecule has 0 fully saturated rings. The van der Waals surface area contributed by atoms with Crippen molar-refractivity contribution in [3.63, 3.8) is 0 Å². The van der Waals surface area contributed by atoms with Crippen LogP contribution in [0.2, 0.25) is 0 Å². The average molecular weight is 328 g/mol. The molecular weight excluding hydrogens is 308 g/mol. The zero-order chi connectivity index (χ0) is 17.8. The molecule has 0 aliphatic carbocycles. The Morgan fingerprint density at radius 2 is 0.875 bits per heavy atom. The van der Waals surface area contributed by atoms with Crippen molar-refractivity contribution < 1.29 is 0 Å². The number of nitrogens with zero attached hydrogens (tertiary/aromatic N) is 2. The van der Waals surface area contributed by atoms with Crippen LogP contribution in [-0.2, 0) is 13.1 Å². The fourth-order valence-electron chi connectivity index (χ4n) is 3.14. The topological polar surface area (TPSA) is 78.1 Å². The molecule has 0 saturated heterocycles. The summed E-state index contributed by atoms with van der Waals surface area (Å²) in [6, 6.07) is 2.82. The lowest BCUT2D eigenvalue weighted by molar-refractivity contribution is 0.508. The van der Waals surface area contributed by atoms with Crippen LogP contribution in [0.15, 0.2) is 31.3 Å². The minimum absolute atomic E-state index is 0.142. The number of aromatic nitrogens is 2. The molecule has 0 aliphatic heterocycles. The molecule has 0 aliphatic rings. The van der Waals surface area contributed by atoms with Crippen molar-refractivity contribution in [2.75, 3.05) is 0 Å². The van der Waals surface area contributed by atoms with Crippen molar-refractivity contribution in [2.45, 2.75) is 40.8 Å². The van der Waals surface area contributed by atoms with Crippen LogP contribution in [0.1, 0.15) is 27.7 Å². The Labute approximate surface area is 137 Å². The average Bonchev–Trinajstić information content (AvgIpc) is 2.86. The van der Waals surface area contributed by atoms with Crippen molar-refractivity contribution in [2.24, 2.45) is 11.8 Å². The first-order valence-electron chi connectivity index (χ1n) is 8.12. The van der Waals surface area contributed by atoms with Gasteiger partial charge in [-0.25, -0.2) is 0 Å². The highest BCUT2D eigenvalue weighted by Crippen LogP contribution is 2.15. The Kier molecular flexibility index (Phi) is 3.78. The first-order chi connectivity index (χ1) is 11.2. The van der Waals surface area contributed by atoms with Gasteiger partial charge in [-0.15, -0.1) is 0 Å². The molecule has 2 heterocycles. The second-order valence-corrected chi connectivity index (χ2v) is 7.17. The number of fused-ring (bicyclic) bond motifs is 2. The minimum atomic E-state index is -0.394. The Morgan fingerprint density at radius 3 is 1.08 bits per heavy atom. The highest BCUT2D eigenvalue weighted by atomic mass is 16.2. The first-order valence-corrected chi connectivity index (χ1v) is 8.12. The van der Waals surface area contributed by atoms with Gasteiger partial charge in [-0.3, -0.25) is 28.3 Å². The predicted octanol–water partition coefficient (Wildman–Crippen LogP) is 1.22. The van der Waals surface area contributed by atoms with Gasteiger partial charge in [0, 0.05) is 13.1 Å². The molecule has 3 aromatic rings. The van der Waals surface area contributed by atoms with E-state index < -0.39 is 22.2 Å². The smallest absolute Gasteiger partial charge is 0.261 e. The lowest BCUT2D eigenvalue weighted by Gasteiger charge is -2.02. The van der Waals surface area contributed by atoms with Crippen molar-refractivity contribution in [1.82, 2.24) is 9.13 Å². The molecule has 0 atom stereocenters. The summed E-state index contributed by atoms with van der Waals surface area (Å²) in [5.74, 6) is 0.285. The Morgan fingerprint density at radius 1 is 0.625 bits per heavy atom. The molecule has 24 heavy (non-hydrogen) atoms. The zero-order valence-corrected chi connectivity index (χ0v) is 14.3. The molecule has 0 bridgehead atoms. The summed E-state index contributed by atoms with van der Waals surface area (Å²) in [6.07, 6.45) is 0. The molecule has 0 N–H and O–H groups in total. The third kappa shape index (κ3) is 2.33. The fourth-order valence-corrected chi connectivity index (χ4v) is 3.14. The normalized spacial score (nSPS) is 12.2. The molecule has 1 aromatic carbocycles. The summed E-state index contributed by atoms with van der Waals surface area (Å²) in [5.41, 5.74) is -1.58. The van der Waals surface area contributed by atoms with Crippen molar-refractivity contribution >= 4 is 21.5 Å². The van der Waals surface area contributed by atoms with Gasteiger partial charge in [0.2, 0.25) is 0 Å². The quantitative estimate of drug-likeness (QED) is 0.721. The SMILES string of the molecule is CC(C)Cn1c(=O)c2cc3c(=O)n(CC(C)C)c(=O)c3cc2c1=O. The van der Waals surface area contributed by atoms with Crippen LogP contribution < -0.4 is 22.2 Å². The summed E-state index contributed by atoms with van der Waals surface area (Å²) >= 11 is 0. The van der Waals surface area contributed by atoms with Gasteiger partial charge < -0.3 is 0 Å². The van der Waals surface area contributed by atoms with Crippen LogP contribution in [0.25, 0.3) is 21.5 Å². The van der Waals surface area contributed by atoms with Crippen LogP contribution in [0.3, 0.4) is 0 Å². The molecule has 0 saturated carbocycles. The second-order valence-electron chi connectivity index (χ2n) is 7.17. The maximum Gasteiger partial charge on any atom is 0.261 e. The number of hydrogen-bond acceptors (Lipinski definition) is 4. The Hall–Kier alpha value is -2.50. The fraction of sp³-hybridized carbons (Fsp3) is 0.444. The van der Waals surface area contributed by atoms with E-state index in [-0.39, 0.29) is 33.4 Å². The predicted molar refractivity (Wildman–Crippen MR) is 94.6 cm³/mol. The van der Waals surface area contributed by atoms with E-state index in [1.807, 2.05) is 27.7 Å². The van der Waals surface area contributed by atoms with Crippen LogP contribution in [0.5, 0.6) is 0 Å². The van der Waals surface area contributed by atoms with Crippen LogP contribution >= 0.6 is 0 Å². The molecule has 6 nitrogen and oxygen atoms in total. The maximum absolute atomic E-state index is 12.5. The van der Waals surface area contributed by atoms with E-state index in [1.165, 1.54) is 21.3 Å². The monoisotopic (exact) mass is 328 g/mol. The molecule has 6 heteroatoms. The third-order valence-corrected chi connectivity index (χ3v) is 4.16. The number of hydrogen-bond donors (Lipinski definition) is 0. The van der Waals surface area contributed by atoms with E-state index >= 15 is 0 Å². The van der Waals surface area contributed by atoms with Crippen molar-refractivity contribution in [3.8, 4) is 0 Å². The van der Waals surface area contributed by atoms with Gasteiger partial charge in [-0.2, -0.15) is 0 Å². The Balaban J connectivity index is 2.38. The van der Waals surface area contributed by atoms with E-state index in [2.05, 4.69) is 0 Å². The first kappa shape index (κ1) is 16.4. The van der Waals surface area contributed by atoms with Gasteiger partial charge in [-0.05, 0) is 24.0 Å². The molecule has 3 rings (SSSR count). The summed E-state index contributed by atoms with van der Waals surface area (Å²) in [4.78, 5) is 49.9. The molecule has 0 spiro atoms. The van der Waals surface area contributed by atoms with Crippen molar-refractivity contribution in [3.05, 3.63) is 53.5 Å². The summed E-state index contributed by atoms with van der Waals surface area (Å²) in [5, 5.41) is 0.859. The summed E-state index contributed by atoms with van der Waals surface area (Å²) < 4.78 is 2.37. The molecule has 0 radical (unpaired) electrons. The number of benzene rings is 1. The van der Waals surface area contributed by atoms with Crippen LogP contribution in [0, 0.1) is 11.8 Å². The van der Waals surface area contributed by atoms with Gasteiger partial charge in [0.05, 0.1) is 21.5 Å². The summed E-state index contributed by atoms with van der Waals surface area (Å²) in [7, 11) is 0. The van der Waals surface area contributed by atoms with Gasteiger partial charge in [0.25, 0.3) is 22.2 Å². The summed E-state index contributed by atoms with van der Waals surface area (Å²) in [6.45, 7) is 8.30. The van der Waals surface area contributed by atoms with E-state index in [9.17, 15) is 19.2 Å². The van der Waals surface area contributed by atoms with E-state index in [1.54, 1.807) is 0 Å². The van der Waals surface area contributed by atoms with Crippen molar-refractivity contribution in [1.29, 1.82) is 0 Å². The highest BCUT2D eigenvalue weighted by molar-refractivity contribution is 5.97. The van der Waals surface area contributed by atoms with Gasteiger partial charge >= 0.3 is 0 Å². The largest absolute Gasteiger partial charge is 0.274 e. The van der Waals surface area contributed by atoms with E-state index in [0.29, 0.717) is 13.1 Å². The molecule has 126 valence electrons. The van der Waals surface area contributed by atoms with Gasteiger partial charge in [0.1, 0.15) is 0 Å². The Bertz CT molecular complexity index is 972. The highest BCUT2D eigenvalue weighted by Gasteiger charge is 2.19. The zero-order valence-electron chi connectivity index (χ0n) is 14.3. The van der Waals surface area contributed by atoms with E-state index in [0.717, 1.165) is 0 Å². The van der Waals surface area contributed by atoms with Crippen LogP contribution in [-0.4, -0.2) is 9.13 Å². The third-order valence-electron chi connectivity index (χ3n) is 4.16. The lowest BCUT2D eigenvalue weighted by atomic mass is 10.1. The van der Waals surface area contributed by atoms with Crippen LogP contribution in [0.4, 0.5) is 0 Å². The molecule has 0 unspecified atom stereocenters. The van der Waals surface area contributed by atoms with Gasteiger partial charge in [-0.1, -0.05) is 27.7 Å². The molecular formula is C18H20N2O4. The minimum Gasteiger partial charge on any atom is -0.274 e.